The highest BCUT2D eigenvalue weighted by molar-refractivity contribution is 5.90. The number of aromatic nitrogens is 7. The predicted octanol–water partition coefficient (Wildman–Crippen LogP) is 2.55. The largest absolute Gasteiger partial charge is 0.344 e. The first-order chi connectivity index (χ1) is 13.0. The highest BCUT2D eigenvalue weighted by Gasteiger charge is 2.15. The molecule has 0 aliphatic heterocycles. The van der Waals surface area contributed by atoms with Gasteiger partial charge in [-0.25, -0.2) is 19.3 Å². The Morgan fingerprint density at radius 3 is 2.59 bits per heavy atom. The SMILES string of the molecule is C[C@@H](Nc1nc(Nc2cn(C)cn2)c2ccn(C)c2n1)c1ncc(F)cn1. The fraction of sp³-hybridized carbons (Fsp3) is 0.235. The van der Waals surface area contributed by atoms with Crippen LogP contribution >= 0.6 is 0 Å². The molecule has 0 fully saturated rings. The van der Waals surface area contributed by atoms with Crippen LogP contribution in [-0.4, -0.2) is 34.1 Å². The normalized spacial score (nSPS) is 12.3. The molecule has 10 heteroatoms. The van der Waals surface area contributed by atoms with Crippen molar-refractivity contribution in [3.8, 4) is 0 Å². The van der Waals surface area contributed by atoms with Gasteiger partial charge in [0.05, 0.1) is 30.1 Å². The van der Waals surface area contributed by atoms with Crippen molar-refractivity contribution < 1.29 is 4.39 Å². The fourth-order valence-electron chi connectivity index (χ4n) is 2.70. The molecule has 0 saturated carbocycles. The first-order valence-electron chi connectivity index (χ1n) is 8.31. The topological polar surface area (TPSA) is 98.4 Å². The van der Waals surface area contributed by atoms with E-state index in [2.05, 4.69) is 35.6 Å². The molecule has 4 heterocycles. The van der Waals surface area contributed by atoms with Crippen molar-refractivity contribution in [2.24, 2.45) is 14.1 Å². The maximum Gasteiger partial charge on any atom is 0.227 e. The Labute approximate surface area is 154 Å². The van der Waals surface area contributed by atoms with Crippen LogP contribution in [0.4, 0.5) is 22.0 Å². The molecule has 9 nitrogen and oxygen atoms in total. The van der Waals surface area contributed by atoms with Crippen LogP contribution in [0.15, 0.2) is 37.2 Å². The first-order valence-corrected chi connectivity index (χ1v) is 8.31. The number of anilines is 3. The van der Waals surface area contributed by atoms with E-state index in [1.807, 2.05) is 48.6 Å². The van der Waals surface area contributed by atoms with E-state index < -0.39 is 5.82 Å². The number of nitrogens with zero attached hydrogens (tertiary/aromatic N) is 7. The van der Waals surface area contributed by atoms with Crippen molar-refractivity contribution >= 4 is 28.6 Å². The summed E-state index contributed by atoms with van der Waals surface area (Å²) in [5, 5.41) is 7.27. The summed E-state index contributed by atoms with van der Waals surface area (Å²) >= 11 is 0. The molecule has 0 bridgehead atoms. The number of aryl methyl sites for hydroxylation is 2. The van der Waals surface area contributed by atoms with Crippen LogP contribution in [0.25, 0.3) is 11.0 Å². The Morgan fingerprint density at radius 1 is 1.11 bits per heavy atom. The third-order valence-electron chi connectivity index (χ3n) is 4.05. The molecule has 27 heavy (non-hydrogen) atoms. The maximum absolute atomic E-state index is 13.0. The summed E-state index contributed by atoms with van der Waals surface area (Å²) in [5.41, 5.74) is 0.762. The van der Waals surface area contributed by atoms with Crippen molar-refractivity contribution in [1.29, 1.82) is 0 Å². The Hall–Kier alpha value is -3.56. The summed E-state index contributed by atoms with van der Waals surface area (Å²) < 4.78 is 16.8. The lowest BCUT2D eigenvalue weighted by Crippen LogP contribution is -2.13. The van der Waals surface area contributed by atoms with Gasteiger partial charge in [0.15, 0.2) is 5.82 Å². The molecule has 4 rings (SSSR count). The van der Waals surface area contributed by atoms with Gasteiger partial charge in [-0.15, -0.1) is 0 Å². The van der Waals surface area contributed by atoms with E-state index in [4.69, 9.17) is 0 Å². The minimum atomic E-state index is -0.478. The van der Waals surface area contributed by atoms with Crippen molar-refractivity contribution in [1.82, 2.24) is 34.1 Å². The van der Waals surface area contributed by atoms with E-state index in [1.54, 1.807) is 6.33 Å². The van der Waals surface area contributed by atoms with Crippen LogP contribution in [0.1, 0.15) is 18.8 Å². The van der Waals surface area contributed by atoms with Crippen molar-refractivity contribution in [2.45, 2.75) is 13.0 Å². The average Bonchev–Trinajstić information content (AvgIpc) is 3.22. The minimum absolute atomic E-state index is 0.300. The molecule has 4 aromatic heterocycles. The molecule has 0 spiro atoms. The maximum atomic E-state index is 13.0. The van der Waals surface area contributed by atoms with Gasteiger partial charge in [0.1, 0.15) is 23.1 Å². The monoisotopic (exact) mass is 367 g/mol. The molecule has 0 aliphatic carbocycles. The standard InChI is InChI=1S/C17H18FN9/c1-10(14-19-6-11(18)7-20-14)22-17-24-15(23-13-8-26(2)9-21-13)12-4-5-27(3)16(12)25-17/h4-10H,1-3H3,(H2,22,23,24,25)/t10-/m1/s1. The zero-order chi connectivity index (χ0) is 19.0. The van der Waals surface area contributed by atoms with Crippen LogP contribution in [-0.2, 0) is 14.1 Å². The van der Waals surface area contributed by atoms with Gasteiger partial charge in [0, 0.05) is 26.5 Å². The quantitative estimate of drug-likeness (QED) is 0.559. The number of nitrogens with one attached hydrogen (secondary N) is 2. The smallest absolute Gasteiger partial charge is 0.227 e. The minimum Gasteiger partial charge on any atom is -0.344 e. The zero-order valence-corrected chi connectivity index (χ0v) is 15.0. The van der Waals surface area contributed by atoms with Gasteiger partial charge in [-0.3, -0.25) is 0 Å². The summed E-state index contributed by atoms with van der Waals surface area (Å²) in [5.74, 6) is 1.69. The van der Waals surface area contributed by atoms with Gasteiger partial charge < -0.3 is 19.8 Å². The molecule has 1 atom stereocenters. The molecular weight excluding hydrogens is 349 g/mol. The average molecular weight is 367 g/mol. The summed E-state index contributed by atoms with van der Waals surface area (Å²) in [6.07, 6.45) is 7.75. The van der Waals surface area contributed by atoms with E-state index in [-0.39, 0.29) is 6.04 Å². The van der Waals surface area contributed by atoms with Crippen molar-refractivity contribution in [3.63, 3.8) is 0 Å². The molecule has 4 aromatic rings. The lowest BCUT2D eigenvalue weighted by Gasteiger charge is -2.14. The van der Waals surface area contributed by atoms with E-state index in [1.165, 1.54) is 0 Å². The number of fused-ring (bicyclic) bond motifs is 1. The molecule has 0 unspecified atom stereocenters. The number of halogens is 1. The molecule has 0 aliphatic rings. The van der Waals surface area contributed by atoms with Crippen molar-refractivity contribution in [3.05, 3.63) is 48.8 Å². The van der Waals surface area contributed by atoms with Gasteiger partial charge in [0.2, 0.25) is 5.95 Å². The van der Waals surface area contributed by atoms with Crippen LogP contribution in [0.5, 0.6) is 0 Å². The van der Waals surface area contributed by atoms with Gasteiger partial charge >= 0.3 is 0 Å². The second-order valence-corrected chi connectivity index (χ2v) is 6.23. The van der Waals surface area contributed by atoms with Crippen LogP contribution in [0.3, 0.4) is 0 Å². The zero-order valence-electron chi connectivity index (χ0n) is 15.0. The first kappa shape index (κ1) is 16.9. The van der Waals surface area contributed by atoms with Crippen molar-refractivity contribution in [2.75, 3.05) is 10.6 Å². The fourth-order valence-corrected chi connectivity index (χ4v) is 2.70. The van der Waals surface area contributed by atoms with Crippen LogP contribution < -0.4 is 10.6 Å². The van der Waals surface area contributed by atoms with Gasteiger partial charge in [-0.05, 0) is 13.0 Å². The van der Waals surface area contributed by atoms with E-state index in [0.29, 0.717) is 23.4 Å². The number of hydrogen-bond acceptors (Lipinski definition) is 7. The van der Waals surface area contributed by atoms with Crippen LogP contribution in [0, 0.1) is 5.82 Å². The molecular formula is C17H18FN9. The highest BCUT2D eigenvalue weighted by atomic mass is 19.1. The predicted molar refractivity (Wildman–Crippen MR) is 99.0 cm³/mol. The van der Waals surface area contributed by atoms with Crippen LogP contribution in [0.2, 0.25) is 0 Å². The van der Waals surface area contributed by atoms with Gasteiger partial charge in [-0.2, -0.15) is 9.97 Å². The Morgan fingerprint density at radius 2 is 1.89 bits per heavy atom. The van der Waals surface area contributed by atoms with E-state index in [9.17, 15) is 4.39 Å². The molecule has 138 valence electrons. The summed E-state index contributed by atoms with van der Waals surface area (Å²) in [6.45, 7) is 1.86. The second kappa shape index (κ2) is 6.63. The third-order valence-corrected chi connectivity index (χ3v) is 4.05. The Bertz CT molecular complexity index is 1080. The second-order valence-electron chi connectivity index (χ2n) is 6.23. The molecule has 0 radical (unpaired) electrons. The lowest BCUT2D eigenvalue weighted by atomic mass is 10.3. The van der Waals surface area contributed by atoms with E-state index >= 15 is 0 Å². The Kier molecular flexibility index (Phi) is 4.15. The van der Waals surface area contributed by atoms with Gasteiger partial charge in [-0.1, -0.05) is 0 Å². The van der Waals surface area contributed by atoms with E-state index in [0.717, 1.165) is 23.4 Å². The third kappa shape index (κ3) is 3.41. The van der Waals surface area contributed by atoms with Gasteiger partial charge in [0.25, 0.3) is 0 Å². The lowest BCUT2D eigenvalue weighted by molar-refractivity contribution is 0.604. The summed E-state index contributed by atoms with van der Waals surface area (Å²) in [4.78, 5) is 21.4. The molecule has 0 amide bonds. The number of rotatable bonds is 5. The summed E-state index contributed by atoms with van der Waals surface area (Å²) in [6, 6.07) is 1.64. The number of hydrogen-bond donors (Lipinski definition) is 2. The summed E-state index contributed by atoms with van der Waals surface area (Å²) in [7, 11) is 3.81. The molecule has 2 N–H and O–H groups in total. The molecule has 0 saturated heterocycles. The highest BCUT2D eigenvalue weighted by Crippen LogP contribution is 2.26. The molecule has 0 aromatic carbocycles. The Balaban J connectivity index is 1.68. The number of imidazole rings is 1.